The van der Waals surface area contributed by atoms with E-state index < -0.39 is 0 Å². The molecule has 1 aromatic rings. The van der Waals surface area contributed by atoms with Crippen LogP contribution in [0.15, 0.2) is 12.1 Å². The van der Waals surface area contributed by atoms with Crippen LogP contribution in [0.25, 0.3) is 0 Å². The van der Waals surface area contributed by atoms with E-state index in [0.29, 0.717) is 17.9 Å². The first-order valence-corrected chi connectivity index (χ1v) is 6.15. The highest BCUT2D eigenvalue weighted by Crippen LogP contribution is 2.36. The number of benzene rings is 1. The van der Waals surface area contributed by atoms with Gasteiger partial charge in [0.2, 0.25) is 0 Å². The maximum Gasteiger partial charge on any atom is 0.140 e. The van der Waals surface area contributed by atoms with Crippen LogP contribution in [-0.2, 0) is 9.59 Å². The number of Topliss-reactive ketones (excluding diaryl/α,β-unsaturated/α-hetero) is 2. The van der Waals surface area contributed by atoms with Gasteiger partial charge in [0.05, 0.1) is 6.42 Å². The molecule has 0 radical (unpaired) electrons. The van der Waals surface area contributed by atoms with E-state index in [2.05, 4.69) is 0 Å². The molecule has 0 N–H and O–H groups in total. The number of aryl methyl sites for hydroxylation is 2. The average molecular weight is 251 g/mol. The second-order valence-corrected chi connectivity index (χ2v) is 5.24. The zero-order chi connectivity index (χ0) is 12.6. The molecule has 2 nitrogen and oxygen atoms in total. The fraction of sp³-hybridized carbons (Fsp3) is 0.429. The summed E-state index contributed by atoms with van der Waals surface area (Å²) in [5.41, 5.74) is 3.14. The van der Waals surface area contributed by atoms with E-state index in [1.807, 2.05) is 26.0 Å². The number of carbonyl (C=O) groups is 2. The lowest BCUT2D eigenvalue weighted by molar-refractivity contribution is -0.130. The van der Waals surface area contributed by atoms with E-state index in [0.717, 1.165) is 16.7 Å². The molecule has 1 aromatic carbocycles. The maximum absolute atomic E-state index is 11.5. The van der Waals surface area contributed by atoms with Gasteiger partial charge in [-0.25, -0.2) is 0 Å². The topological polar surface area (TPSA) is 34.1 Å². The number of ketones is 2. The zero-order valence-electron chi connectivity index (χ0n) is 10.0. The molecule has 90 valence electrons. The highest BCUT2D eigenvalue weighted by Gasteiger charge is 2.28. The lowest BCUT2D eigenvalue weighted by Gasteiger charge is -2.23. The second-order valence-electron chi connectivity index (χ2n) is 4.84. The van der Waals surface area contributed by atoms with Crippen LogP contribution in [0.3, 0.4) is 0 Å². The van der Waals surface area contributed by atoms with E-state index in [-0.39, 0.29) is 23.9 Å². The van der Waals surface area contributed by atoms with Crippen LogP contribution in [-0.4, -0.2) is 11.6 Å². The van der Waals surface area contributed by atoms with Crippen molar-refractivity contribution in [2.45, 2.75) is 39.0 Å². The molecule has 0 aliphatic heterocycles. The van der Waals surface area contributed by atoms with Crippen LogP contribution < -0.4 is 0 Å². The monoisotopic (exact) mass is 250 g/mol. The van der Waals surface area contributed by atoms with Crippen LogP contribution in [0.4, 0.5) is 0 Å². The Morgan fingerprint density at radius 2 is 1.71 bits per heavy atom. The molecule has 17 heavy (non-hydrogen) atoms. The van der Waals surface area contributed by atoms with Crippen LogP contribution in [0.1, 0.15) is 41.9 Å². The first-order chi connectivity index (χ1) is 7.97. The molecule has 0 spiro atoms. The third kappa shape index (κ3) is 2.58. The van der Waals surface area contributed by atoms with E-state index >= 15 is 0 Å². The van der Waals surface area contributed by atoms with E-state index in [9.17, 15) is 9.59 Å². The molecule has 0 atom stereocenters. The SMILES string of the molecule is Cc1cc(C)c(C2CC(=O)CC(=O)C2)c(Cl)c1. The smallest absolute Gasteiger partial charge is 0.140 e. The van der Waals surface area contributed by atoms with Gasteiger partial charge in [0.1, 0.15) is 11.6 Å². The van der Waals surface area contributed by atoms with Gasteiger partial charge < -0.3 is 0 Å². The summed E-state index contributed by atoms with van der Waals surface area (Å²) in [6.07, 6.45) is 0.976. The van der Waals surface area contributed by atoms with Gasteiger partial charge >= 0.3 is 0 Å². The van der Waals surface area contributed by atoms with Crippen molar-refractivity contribution in [3.8, 4) is 0 Å². The predicted molar refractivity (Wildman–Crippen MR) is 67.5 cm³/mol. The van der Waals surface area contributed by atoms with Gasteiger partial charge in [-0.15, -0.1) is 0 Å². The summed E-state index contributed by atoms with van der Waals surface area (Å²) >= 11 is 6.24. The van der Waals surface area contributed by atoms with Gasteiger partial charge in [-0.1, -0.05) is 17.7 Å². The standard InChI is InChI=1S/C14H15ClO2/c1-8-3-9(2)14(13(15)4-8)10-5-11(16)7-12(17)6-10/h3-4,10H,5-7H2,1-2H3. The summed E-state index contributed by atoms with van der Waals surface area (Å²) in [4.78, 5) is 23.0. The van der Waals surface area contributed by atoms with Crippen molar-refractivity contribution >= 4 is 23.2 Å². The van der Waals surface area contributed by atoms with Crippen molar-refractivity contribution in [3.63, 3.8) is 0 Å². The minimum absolute atomic E-state index is 0.0299. The number of hydrogen-bond donors (Lipinski definition) is 0. The number of halogens is 1. The normalized spacial score (nSPS) is 17.6. The van der Waals surface area contributed by atoms with Crippen LogP contribution in [0.5, 0.6) is 0 Å². The number of hydrogen-bond acceptors (Lipinski definition) is 2. The van der Waals surface area contributed by atoms with Gasteiger partial charge in [0, 0.05) is 17.9 Å². The van der Waals surface area contributed by atoms with E-state index in [1.54, 1.807) is 0 Å². The summed E-state index contributed by atoms with van der Waals surface area (Å²) in [5.74, 6) is 0.0291. The molecular weight excluding hydrogens is 236 g/mol. The van der Waals surface area contributed by atoms with Gasteiger partial charge in [-0.05, 0) is 42.5 Å². The van der Waals surface area contributed by atoms with Gasteiger partial charge in [0.15, 0.2) is 0 Å². The molecule has 0 saturated heterocycles. The summed E-state index contributed by atoms with van der Waals surface area (Å²) < 4.78 is 0. The Morgan fingerprint density at radius 1 is 1.12 bits per heavy atom. The van der Waals surface area contributed by atoms with Crippen molar-refractivity contribution in [1.82, 2.24) is 0 Å². The third-order valence-electron chi connectivity index (χ3n) is 3.23. The Bertz CT molecular complexity index is 452. The Hall–Kier alpha value is -1.15. The summed E-state index contributed by atoms with van der Waals surface area (Å²) in [5, 5.41) is 0.676. The molecule has 2 rings (SSSR count). The van der Waals surface area contributed by atoms with Crippen LogP contribution >= 0.6 is 11.6 Å². The lowest BCUT2D eigenvalue weighted by atomic mass is 9.80. The van der Waals surface area contributed by atoms with E-state index in [4.69, 9.17) is 11.6 Å². The van der Waals surface area contributed by atoms with Crippen LogP contribution in [0.2, 0.25) is 5.02 Å². The van der Waals surface area contributed by atoms with Gasteiger partial charge in [-0.3, -0.25) is 9.59 Å². The highest BCUT2D eigenvalue weighted by atomic mass is 35.5. The highest BCUT2D eigenvalue weighted by molar-refractivity contribution is 6.31. The quantitative estimate of drug-likeness (QED) is 0.717. The van der Waals surface area contributed by atoms with Crippen molar-refractivity contribution in [2.24, 2.45) is 0 Å². The molecule has 3 heteroatoms. The van der Waals surface area contributed by atoms with Gasteiger partial charge in [0.25, 0.3) is 0 Å². The molecule has 0 amide bonds. The zero-order valence-corrected chi connectivity index (χ0v) is 10.8. The molecule has 1 aliphatic rings. The molecule has 0 bridgehead atoms. The fourth-order valence-corrected chi connectivity index (χ4v) is 3.11. The van der Waals surface area contributed by atoms with E-state index in [1.165, 1.54) is 0 Å². The molecule has 0 unspecified atom stereocenters. The Balaban J connectivity index is 2.40. The maximum atomic E-state index is 11.5. The van der Waals surface area contributed by atoms with Crippen LogP contribution in [0, 0.1) is 13.8 Å². The van der Waals surface area contributed by atoms with Gasteiger partial charge in [-0.2, -0.15) is 0 Å². The van der Waals surface area contributed by atoms with Crippen molar-refractivity contribution < 1.29 is 9.59 Å². The first kappa shape index (κ1) is 12.3. The Kier molecular flexibility index (Phi) is 3.34. The minimum Gasteiger partial charge on any atom is -0.299 e. The summed E-state index contributed by atoms with van der Waals surface area (Å²) in [6.45, 7) is 3.97. The Labute approximate surface area is 106 Å². The van der Waals surface area contributed by atoms with Crippen molar-refractivity contribution in [1.29, 1.82) is 0 Å². The largest absolute Gasteiger partial charge is 0.299 e. The molecule has 1 saturated carbocycles. The summed E-state index contributed by atoms with van der Waals surface area (Å²) in [6, 6.07) is 3.94. The molecule has 0 aromatic heterocycles. The number of carbonyl (C=O) groups excluding carboxylic acids is 2. The summed E-state index contributed by atoms with van der Waals surface area (Å²) in [7, 11) is 0. The third-order valence-corrected chi connectivity index (χ3v) is 3.54. The van der Waals surface area contributed by atoms with Crippen molar-refractivity contribution in [2.75, 3.05) is 0 Å². The molecule has 0 heterocycles. The minimum atomic E-state index is -0.0307. The Morgan fingerprint density at radius 3 is 2.24 bits per heavy atom. The molecular formula is C14H15ClO2. The number of rotatable bonds is 1. The molecule has 1 fully saturated rings. The average Bonchev–Trinajstić information content (AvgIpc) is 2.13. The predicted octanol–water partition coefficient (Wildman–Crippen LogP) is 3.36. The second kappa shape index (κ2) is 4.61. The lowest BCUT2D eigenvalue weighted by Crippen LogP contribution is -2.22. The molecule has 1 aliphatic carbocycles. The first-order valence-electron chi connectivity index (χ1n) is 5.77. The fourth-order valence-electron chi connectivity index (χ4n) is 2.63. The van der Waals surface area contributed by atoms with Crippen molar-refractivity contribution in [3.05, 3.63) is 33.8 Å².